The van der Waals surface area contributed by atoms with Gasteiger partial charge < -0.3 is 20.6 Å². The van der Waals surface area contributed by atoms with Gasteiger partial charge in [-0.2, -0.15) is 0 Å². The van der Waals surface area contributed by atoms with Crippen LogP contribution in [0.3, 0.4) is 0 Å². The highest BCUT2D eigenvalue weighted by Gasteiger charge is 2.20. The molecule has 0 aliphatic carbocycles. The van der Waals surface area contributed by atoms with E-state index < -0.39 is 23.9 Å². The van der Waals surface area contributed by atoms with Gasteiger partial charge in [-0.25, -0.2) is 4.79 Å². The molecule has 0 aromatic carbocycles. The van der Waals surface area contributed by atoms with Crippen LogP contribution in [0.5, 0.6) is 0 Å². The fourth-order valence-electron chi connectivity index (χ4n) is 3.31. The predicted molar refractivity (Wildman–Crippen MR) is 129 cm³/mol. The Morgan fingerprint density at radius 3 is 1.36 bits per heavy atom. The van der Waals surface area contributed by atoms with Crippen LogP contribution in [0.1, 0.15) is 129 Å². The van der Waals surface area contributed by atoms with E-state index in [1.54, 1.807) is 6.92 Å². The monoisotopic (exact) mass is 473 g/mol. The van der Waals surface area contributed by atoms with Gasteiger partial charge in [-0.05, 0) is 19.3 Å². The molecule has 0 radical (unpaired) electrons. The Morgan fingerprint density at radius 2 is 1.00 bits per heavy atom. The maximum Gasteiger partial charge on any atom is 0.326 e. The van der Waals surface area contributed by atoms with Crippen LogP contribution < -0.4 is 5.32 Å². The summed E-state index contributed by atoms with van der Waals surface area (Å²) in [5, 5.41) is 27.8. The molecule has 0 aliphatic heterocycles. The van der Waals surface area contributed by atoms with Crippen molar-refractivity contribution in [3.05, 3.63) is 0 Å². The Hall–Kier alpha value is -2.12. The van der Waals surface area contributed by atoms with Crippen LogP contribution in [0.2, 0.25) is 0 Å². The number of nitrogens with one attached hydrogen (secondary N) is 1. The summed E-state index contributed by atoms with van der Waals surface area (Å²) in [5.74, 6) is -3.31. The van der Waals surface area contributed by atoms with Gasteiger partial charge in [0.25, 0.3) is 0 Å². The molecule has 0 heterocycles. The van der Waals surface area contributed by atoms with Crippen LogP contribution in [0.4, 0.5) is 0 Å². The number of rotatable bonds is 21. The first-order valence-corrected chi connectivity index (χ1v) is 12.7. The minimum absolute atomic E-state index is 0.0971. The third-order valence-electron chi connectivity index (χ3n) is 5.25. The lowest BCUT2D eigenvalue weighted by molar-refractivity contribution is -0.143. The van der Waals surface area contributed by atoms with Crippen molar-refractivity contribution < 1.29 is 34.5 Å². The fourth-order valence-corrected chi connectivity index (χ4v) is 3.31. The van der Waals surface area contributed by atoms with Crippen molar-refractivity contribution in [2.75, 3.05) is 0 Å². The second kappa shape index (κ2) is 24.5. The number of carbonyl (C=O) groups excluding carboxylic acids is 1. The molecule has 1 amide bonds. The molecule has 0 spiro atoms. The molecule has 0 saturated heterocycles. The van der Waals surface area contributed by atoms with Crippen molar-refractivity contribution in [3.63, 3.8) is 0 Å². The first-order chi connectivity index (χ1) is 15.7. The molecule has 0 saturated carbocycles. The van der Waals surface area contributed by atoms with E-state index in [9.17, 15) is 19.2 Å². The normalized spacial score (nSPS) is 11.2. The van der Waals surface area contributed by atoms with E-state index in [1.807, 2.05) is 0 Å². The Labute approximate surface area is 199 Å². The minimum atomic E-state index is -1.21. The maximum atomic E-state index is 11.1. The molecule has 0 rings (SSSR count). The number of amides is 1. The molecule has 194 valence electrons. The van der Waals surface area contributed by atoms with Crippen molar-refractivity contribution in [3.8, 4) is 0 Å². The van der Waals surface area contributed by atoms with E-state index in [2.05, 4.69) is 12.2 Å². The van der Waals surface area contributed by atoms with Crippen LogP contribution in [0.25, 0.3) is 0 Å². The molecule has 0 aromatic rings. The summed E-state index contributed by atoms with van der Waals surface area (Å²) >= 11 is 0. The van der Waals surface area contributed by atoms with E-state index in [0.29, 0.717) is 12.8 Å². The number of hydrogen-bond donors (Lipinski definition) is 4. The number of unbranched alkanes of at least 4 members (excludes halogenated alkanes) is 12. The van der Waals surface area contributed by atoms with Gasteiger partial charge in [0.1, 0.15) is 6.04 Å². The van der Waals surface area contributed by atoms with E-state index in [0.717, 1.165) is 12.8 Å². The number of aliphatic carboxylic acids is 3. The summed E-state index contributed by atoms with van der Waals surface area (Å²) in [4.78, 5) is 42.3. The topological polar surface area (TPSA) is 141 Å². The molecule has 0 bridgehead atoms. The van der Waals surface area contributed by atoms with Crippen molar-refractivity contribution in [2.45, 2.75) is 135 Å². The summed E-state index contributed by atoms with van der Waals surface area (Å²) < 4.78 is 0. The number of carbonyl (C=O) groups is 4. The highest BCUT2D eigenvalue weighted by molar-refractivity contribution is 5.83. The second-order valence-electron chi connectivity index (χ2n) is 8.53. The van der Waals surface area contributed by atoms with E-state index >= 15 is 0 Å². The van der Waals surface area contributed by atoms with E-state index in [-0.39, 0.29) is 25.2 Å². The molecule has 33 heavy (non-hydrogen) atoms. The lowest BCUT2D eigenvalue weighted by atomic mass is 10.0. The zero-order chi connectivity index (χ0) is 25.3. The van der Waals surface area contributed by atoms with Gasteiger partial charge in [0.15, 0.2) is 0 Å². The average molecular weight is 474 g/mol. The molecule has 1 atom stereocenters. The van der Waals surface area contributed by atoms with Crippen LogP contribution in [-0.2, 0) is 19.2 Å². The molecule has 0 aromatic heterocycles. The highest BCUT2D eigenvalue weighted by Crippen LogP contribution is 2.12. The first kappa shape index (κ1) is 33.1. The zero-order valence-electron chi connectivity index (χ0n) is 20.8. The SMILES string of the molecule is CCCC(=O)NC(CCC(=O)O)C(=O)O.CCCCCCCCCCCCCCCC(=O)O. The van der Waals surface area contributed by atoms with Crippen molar-refractivity contribution >= 4 is 23.8 Å². The Morgan fingerprint density at radius 1 is 0.576 bits per heavy atom. The Balaban J connectivity index is 0. The molecule has 0 fully saturated rings. The summed E-state index contributed by atoms with van der Waals surface area (Å²) in [6.45, 7) is 4.06. The Kier molecular flexibility index (Phi) is 24.6. The summed E-state index contributed by atoms with van der Waals surface area (Å²) in [6, 6.07) is -1.11. The standard InChI is InChI=1S/C16H32O2.C9H15NO5/c1-2-3-4-5-6-7-8-9-10-11-12-13-14-15-16(17)18;1-2-3-7(11)10-6(9(14)15)4-5-8(12)13/h2-15H2,1H3,(H,17,18);6H,2-5H2,1H3,(H,10,11)(H,12,13)(H,14,15). The average Bonchev–Trinajstić information content (AvgIpc) is 2.74. The van der Waals surface area contributed by atoms with Gasteiger partial charge in [0.05, 0.1) is 0 Å². The van der Waals surface area contributed by atoms with Crippen LogP contribution in [0, 0.1) is 0 Å². The minimum Gasteiger partial charge on any atom is -0.481 e. The smallest absolute Gasteiger partial charge is 0.326 e. The summed E-state index contributed by atoms with van der Waals surface area (Å²) in [6.07, 6.45) is 17.8. The number of carboxylic acid groups (broad SMARTS) is 3. The van der Waals surface area contributed by atoms with Crippen LogP contribution in [0.15, 0.2) is 0 Å². The van der Waals surface area contributed by atoms with Gasteiger partial charge in [-0.15, -0.1) is 0 Å². The van der Waals surface area contributed by atoms with Crippen molar-refractivity contribution in [2.24, 2.45) is 0 Å². The lowest BCUT2D eigenvalue weighted by Crippen LogP contribution is -2.40. The number of carboxylic acids is 3. The van der Waals surface area contributed by atoms with E-state index in [1.165, 1.54) is 70.6 Å². The van der Waals surface area contributed by atoms with Crippen LogP contribution >= 0.6 is 0 Å². The maximum absolute atomic E-state index is 11.1. The fraction of sp³-hybridized carbons (Fsp3) is 0.840. The molecule has 8 nitrogen and oxygen atoms in total. The summed E-state index contributed by atoms with van der Waals surface area (Å²) in [7, 11) is 0. The quantitative estimate of drug-likeness (QED) is 0.155. The third kappa shape index (κ3) is 27.8. The largest absolute Gasteiger partial charge is 0.481 e. The number of hydrogen-bond acceptors (Lipinski definition) is 4. The summed E-state index contributed by atoms with van der Waals surface area (Å²) in [5.41, 5.74) is 0. The van der Waals surface area contributed by atoms with Gasteiger partial charge in [0, 0.05) is 19.3 Å². The first-order valence-electron chi connectivity index (χ1n) is 12.7. The molecule has 4 N–H and O–H groups in total. The Bertz CT molecular complexity index is 523. The zero-order valence-corrected chi connectivity index (χ0v) is 20.8. The van der Waals surface area contributed by atoms with Crippen molar-refractivity contribution in [1.82, 2.24) is 5.32 Å². The third-order valence-corrected chi connectivity index (χ3v) is 5.25. The highest BCUT2D eigenvalue weighted by atomic mass is 16.4. The lowest BCUT2D eigenvalue weighted by Gasteiger charge is -2.12. The van der Waals surface area contributed by atoms with Crippen LogP contribution in [-0.4, -0.2) is 45.2 Å². The molecular weight excluding hydrogens is 426 g/mol. The van der Waals surface area contributed by atoms with Gasteiger partial charge in [0.2, 0.25) is 5.91 Å². The molecule has 1 unspecified atom stereocenters. The van der Waals surface area contributed by atoms with Gasteiger partial charge in [-0.1, -0.05) is 90.9 Å². The van der Waals surface area contributed by atoms with Gasteiger partial charge in [-0.3, -0.25) is 14.4 Å². The molecule has 8 heteroatoms. The van der Waals surface area contributed by atoms with Gasteiger partial charge >= 0.3 is 17.9 Å². The second-order valence-corrected chi connectivity index (χ2v) is 8.53. The molecule has 0 aliphatic rings. The van der Waals surface area contributed by atoms with Crippen molar-refractivity contribution in [1.29, 1.82) is 0 Å². The molecular formula is C25H47NO7. The van der Waals surface area contributed by atoms with E-state index in [4.69, 9.17) is 15.3 Å². The predicted octanol–water partition coefficient (Wildman–Crippen LogP) is 5.77.